The van der Waals surface area contributed by atoms with E-state index in [1.165, 1.54) is 16.7 Å². The van der Waals surface area contributed by atoms with Crippen LogP contribution < -0.4 is 20.9 Å². The van der Waals surface area contributed by atoms with Crippen molar-refractivity contribution >= 4 is 11.4 Å². The maximum atomic E-state index is 6.02. The molecular weight excluding hydrogens is 372 g/mol. The number of benzene rings is 4. The van der Waals surface area contributed by atoms with E-state index in [9.17, 15) is 0 Å². The lowest BCUT2D eigenvalue weighted by atomic mass is 9.93. The smallest absolute Gasteiger partial charge is 0.127 e. The molecule has 5 rings (SSSR count). The highest BCUT2D eigenvalue weighted by Gasteiger charge is 2.47. The lowest BCUT2D eigenvalue weighted by Gasteiger charge is -2.13. The summed E-state index contributed by atoms with van der Waals surface area (Å²) in [6.07, 6.45) is 0. The van der Waals surface area contributed by atoms with Crippen LogP contribution >= 0.6 is 0 Å². The second-order valence-corrected chi connectivity index (χ2v) is 7.70. The van der Waals surface area contributed by atoms with Gasteiger partial charge >= 0.3 is 0 Å². The van der Waals surface area contributed by atoms with Crippen LogP contribution in [0.4, 0.5) is 11.4 Å². The monoisotopic (exact) mass is 394 g/mol. The maximum absolute atomic E-state index is 6.02. The molecule has 1 atom stereocenters. The van der Waals surface area contributed by atoms with E-state index in [4.69, 9.17) is 20.9 Å². The Morgan fingerprint density at radius 3 is 1.70 bits per heavy atom. The van der Waals surface area contributed by atoms with E-state index in [1.807, 2.05) is 66.7 Å². The summed E-state index contributed by atoms with van der Waals surface area (Å²) in [4.78, 5) is 0. The second-order valence-electron chi connectivity index (χ2n) is 7.70. The van der Waals surface area contributed by atoms with Crippen LogP contribution in [0.1, 0.15) is 23.6 Å². The number of nitrogen functional groups attached to an aromatic ring is 2. The molecule has 1 unspecified atom stereocenters. The molecule has 30 heavy (non-hydrogen) atoms. The van der Waals surface area contributed by atoms with Gasteiger partial charge in [-0.2, -0.15) is 0 Å². The quantitative estimate of drug-likeness (QED) is 0.401. The van der Waals surface area contributed by atoms with Crippen LogP contribution in [0.2, 0.25) is 0 Å². The lowest BCUT2D eigenvalue weighted by Crippen LogP contribution is -2.04. The summed E-state index contributed by atoms with van der Waals surface area (Å²) >= 11 is 0. The largest absolute Gasteiger partial charge is 0.457 e. The minimum atomic E-state index is -0.136. The number of hydrogen-bond donors (Lipinski definition) is 2. The van der Waals surface area contributed by atoms with E-state index in [1.54, 1.807) is 0 Å². The summed E-state index contributed by atoms with van der Waals surface area (Å²) in [5, 5.41) is 0. The molecule has 4 nitrogen and oxygen atoms in total. The Morgan fingerprint density at radius 1 is 0.567 bits per heavy atom. The lowest BCUT2D eigenvalue weighted by molar-refractivity contribution is 0.481. The average Bonchev–Trinajstić information content (AvgIpc) is 3.36. The highest BCUT2D eigenvalue weighted by molar-refractivity contribution is 5.69. The van der Waals surface area contributed by atoms with Crippen molar-refractivity contribution in [2.45, 2.75) is 12.3 Å². The summed E-state index contributed by atoms with van der Waals surface area (Å²) in [5.74, 6) is 3.15. The van der Waals surface area contributed by atoms with Gasteiger partial charge < -0.3 is 20.9 Å². The summed E-state index contributed by atoms with van der Waals surface area (Å²) in [6.45, 7) is 2.23. The Kier molecular flexibility index (Phi) is 4.14. The van der Waals surface area contributed by atoms with Crippen LogP contribution in [-0.2, 0) is 5.41 Å². The van der Waals surface area contributed by atoms with Gasteiger partial charge in [-0.1, -0.05) is 18.2 Å². The Labute approximate surface area is 175 Å². The van der Waals surface area contributed by atoms with Gasteiger partial charge in [0.2, 0.25) is 0 Å². The Hall–Kier alpha value is -3.92. The molecule has 148 valence electrons. The highest BCUT2D eigenvalue weighted by Crippen LogP contribution is 2.56. The molecule has 0 bridgehead atoms. The molecule has 0 heterocycles. The zero-order chi connectivity index (χ0) is 20.7. The van der Waals surface area contributed by atoms with Crippen molar-refractivity contribution in [3.05, 3.63) is 108 Å². The van der Waals surface area contributed by atoms with Gasteiger partial charge in [-0.3, -0.25) is 0 Å². The van der Waals surface area contributed by atoms with Crippen molar-refractivity contribution in [1.29, 1.82) is 0 Å². The van der Waals surface area contributed by atoms with E-state index in [-0.39, 0.29) is 5.41 Å². The van der Waals surface area contributed by atoms with E-state index in [2.05, 4.69) is 31.2 Å². The van der Waals surface area contributed by atoms with Crippen LogP contribution in [0.15, 0.2) is 91.0 Å². The van der Waals surface area contributed by atoms with Crippen molar-refractivity contribution in [3.63, 3.8) is 0 Å². The van der Waals surface area contributed by atoms with Crippen molar-refractivity contribution in [2.24, 2.45) is 0 Å². The van der Waals surface area contributed by atoms with E-state index in [0.29, 0.717) is 5.69 Å². The summed E-state index contributed by atoms with van der Waals surface area (Å²) in [7, 11) is 0. The predicted molar refractivity (Wildman–Crippen MR) is 120 cm³/mol. The molecule has 0 fully saturated rings. The minimum Gasteiger partial charge on any atom is -0.457 e. The number of nitrogens with two attached hydrogens (primary N) is 2. The Bertz CT molecular complexity index is 1220. The van der Waals surface area contributed by atoms with Gasteiger partial charge in [-0.25, -0.2) is 0 Å². The Balaban J connectivity index is 1.37. The van der Waals surface area contributed by atoms with Gasteiger partial charge in [-0.05, 0) is 96.4 Å². The molecule has 4 heteroatoms. The number of rotatable bonds is 5. The number of anilines is 2. The molecule has 4 aromatic rings. The van der Waals surface area contributed by atoms with Crippen molar-refractivity contribution < 1.29 is 9.47 Å². The molecule has 0 saturated carbocycles. The zero-order valence-electron chi connectivity index (χ0n) is 16.6. The van der Waals surface area contributed by atoms with Gasteiger partial charge in [-0.15, -0.1) is 0 Å². The van der Waals surface area contributed by atoms with Crippen LogP contribution in [0.3, 0.4) is 0 Å². The topological polar surface area (TPSA) is 70.5 Å². The number of hydrogen-bond acceptors (Lipinski definition) is 4. The van der Waals surface area contributed by atoms with Gasteiger partial charge in [0.25, 0.3) is 0 Å². The fourth-order valence-corrected chi connectivity index (χ4v) is 3.85. The van der Waals surface area contributed by atoms with Gasteiger partial charge in [0.15, 0.2) is 0 Å². The molecular formula is C26H22N2O2. The third-order valence-corrected chi connectivity index (χ3v) is 5.65. The van der Waals surface area contributed by atoms with Crippen LogP contribution in [-0.4, -0.2) is 0 Å². The first kappa shape index (κ1) is 18.1. The van der Waals surface area contributed by atoms with E-state index >= 15 is 0 Å². The molecule has 4 N–H and O–H groups in total. The third-order valence-electron chi connectivity index (χ3n) is 5.65. The van der Waals surface area contributed by atoms with Gasteiger partial charge in [0.05, 0.1) is 0 Å². The van der Waals surface area contributed by atoms with Crippen molar-refractivity contribution in [2.75, 3.05) is 11.5 Å². The molecule has 0 spiro atoms. The summed E-state index contributed by atoms with van der Waals surface area (Å²) in [5.41, 5.74) is 16.6. The maximum Gasteiger partial charge on any atom is 0.127 e. The van der Waals surface area contributed by atoms with E-state index < -0.39 is 0 Å². The van der Waals surface area contributed by atoms with Gasteiger partial charge in [0, 0.05) is 16.8 Å². The normalized spacial score (nSPS) is 16.6. The SMILES string of the molecule is CC1(c2cccc(Oc3ccc(N)cc3)c2)c2ccc(Oc3ccc(N)cc3)cc21. The molecule has 0 aromatic heterocycles. The van der Waals surface area contributed by atoms with Crippen LogP contribution in [0.25, 0.3) is 0 Å². The fourth-order valence-electron chi connectivity index (χ4n) is 3.85. The molecule has 0 saturated heterocycles. The standard InChI is InChI=1S/C26H22N2O2/c1-26(17-3-2-4-22(15-17)29-20-9-5-18(27)6-10-20)24-14-13-23(16-25(24)26)30-21-11-7-19(28)8-12-21/h2-16H,27-28H2,1H3. The molecule has 4 aromatic carbocycles. The third kappa shape index (κ3) is 3.22. The summed E-state index contributed by atoms with van der Waals surface area (Å²) < 4.78 is 12.0. The zero-order valence-corrected chi connectivity index (χ0v) is 16.6. The van der Waals surface area contributed by atoms with Gasteiger partial charge in [0.1, 0.15) is 23.0 Å². The Morgan fingerprint density at radius 2 is 1.10 bits per heavy atom. The van der Waals surface area contributed by atoms with Crippen molar-refractivity contribution in [3.8, 4) is 23.0 Å². The average molecular weight is 394 g/mol. The van der Waals surface area contributed by atoms with E-state index in [0.717, 1.165) is 28.7 Å². The van der Waals surface area contributed by atoms with Crippen LogP contribution in [0.5, 0.6) is 23.0 Å². The second kappa shape index (κ2) is 6.85. The molecule has 0 aliphatic heterocycles. The predicted octanol–water partition coefficient (Wildman–Crippen LogP) is 6.10. The van der Waals surface area contributed by atoms with Crippen molar-refractivity contribution in [1.82, 2.24) is 0 Å². The fraction of sp³-hybridized carbons (Fsp3) is 0.0769. The first-order valence-corrected chi connectivity index (χ1v) is 9.85. The first-order valence-electron chi connectivity index (χ1n) is 9.85. The highest BCUT2D eigenvalue weighted by atomic mass is 16.5. The molecule has 1 aliphatic carbocycles. The molecule has 1 aliphatic rings. The number of fused-ring (bicyclic) bond motifs is 1. The first-order chi connectivity index (χ1) is 14.5. The minimum absolute atomic E-state index is 0.136. The summed E-state index contributed by atoms with van der Waals surface area (Å²) in [6, 6.07) is 29.3. The number of ether oxygens (including phenoxy) is 2. The molecule has 0 radical (unpaired) electrons. The molecule has 0 amide bonds. The van der Waals surface area contributed by atoms with Crippen LogP contribution in [0, 0.1) is 0 Å².